The molecule has 0 aliphatic carbocycles. The Bertz CT molecular complexity index is 1610. The molecule has 2 aromatic carbocycles. The van der Waals surface area contributed by atoms with Crippen LogP contribution in [0.25, 0.3) is 11.1 Å². The maximum Gasteiger partial charge on any atom is 0.417 e. The zero-order chi connectivity index (χ0) is 31.9. The second-order valence-electron chi connectivity index (χ2n) is 11.4. The number of hydrogen-bond acceptors (Lipinski definition) is 6. The summed E-state index contributed by atoms with van der Waals surface area (Å²) in [4.78, 5) is 31.3. The van der Waals surface area contributed by atoms with Crippen molar-refractivity contribution in [3.63, 3.8) is 0 Å². The molecule has 3 heterocycles. The van der Waals surface area contributed by atoms with E-state index in [2.05, 4.69) is 10.2 Å². The van der Waals surface area contributed by atoms with Gasteiger partial charge in [-0.1, -0.05) is 6.07 Å². The number of rotatable bonds is 5. The molecule has 0 bridgehead atoms. The fraction of sp³-hybridized carbons (Fsp3) is 0.419. The van der Waals surface area contributed by atoms with Crippen LogP contribution in [0.1, 0.15) is 29.8 Å². The summed E-state index contributed by atoms with van der Waals surface area (Å²) in [5.41, 5.74) is -2.26. The highest BCUT2D eigenvalue weighted by Gasteiger charge is 2.37. The Balaban J connectivity index is 1.59. The van der Waals surface area contributed by atoms with Crippen molar-refractivity contribution in [2.75, 3.05) is 61.6 Å². The third-order valence-electron chi connectivity index (χ3n) is 8.42. The molecule has 2 unspecified atom stereocenters. The van der Waals surface area contributed by atoms with Crippen LogP contribution >= 0.6 is 0 Å². The number of pyridine rings is 1. The van der Waals surface area contributed by atoms with E-state index in [0.29, 0.717) is 51.1 Å². The molecule has 1 N–H and O–H groups in total. The van der Waals surface area contributed by atoms with E-state index in [9.17, 15) is 22.8 Å². The van der Waals surface area contributed by atoms with Crippen molar-refractivity contribution in [3.05, 3.63) is 75.7 Å². The smallest absolute Gasteiger partial charge is 0.378 e. The van der Waals surface area contributed by atoms with E-state index in [4.69, 9.17) is 4.74 Å². The lowest BCUT2D eigenvalue weighted by Gasteiger charge is -2.44. The largest absolute Gasteiger partial charge is 0.417 e. The number of nitrogens with one attached hydrogen (secondary N) is 1. The van der Waals surface area contributed by atoms with Crippen molar-refractivity contribution in [2.24, 2.45) is 7.05 Å². The maximum atomic E-state index is 15.8. The lowest BCUT2D eigenvalue weighted by atomic mass is 10.0. The summed E-state index contributed by atoms with van der Waals surface area (Å²) in [5.74, 6) is -2.38. The van der Waals surface area contributed by atoms with E-state index in [-0.39, 0.29) is 34.6 Å². The number of hydrogen-bond donors (Lipinski definition) is 1. The van der Waals surface area contributed by atoms with Crippen LogP contribution in [0.15, 0.2) is 47.4 Å². The van der Waals surface area contributed by atoms with Crippen molar-refractivity contribution >= 4 is 23.0 Å². The number of aromatic nitrogens is 1. The summed E-state index contributed by atoms with van der Waals surface area (Å²) in [6.07, 6.45) is -4.15. The summed E-state index contributed by atoms with van der Waals surface area (Å²) < 4.78 is 78.9. The number of ether oxygens (including phenoxy) is 1. The van der Waals surface area contributed by atoms with Gasteiger partial charge < -0.3 is 24.4 Å². The van der Waals surface area contributed by atoms with E-state index in [1.54, 1.807) is 12.1 Å². The van der Waals surface area contributed by atoms with Gasteiger partial charge in [0.1, 0.15) is 11.6 Å². The number of halogens is 5. The number of aryl methyl sites for hydroxylation is 1. The van der Waals surface area contributed by atoms with Gasteiger partial charge in [-0.25, -0.2) is 8.78 Å². The molecule has 1 amide bonds. The van der Waals surface area contributed by atoms with Gasteiger partial charge in [0, 0.05) is 63.1 Å². The summed E-state index contributed by atoms with van der Waals surface area (Å²) in [6, 6.07) is 7.30. The summed E-state index contributed by atoms with van der Waals surface area (Å²) in [5, 5.41) is 2.55. The molecule has 0 saturated carbocycles. The molecule has 236 valence electrons. The fourth-order valence-corrected chi connectivity index (χ4v) is 5.72. The number of morpholine rings is 1. The summed E-state index contributed by atoms with van der Waals surface area (Å²) in [7, 11) is 3.20. The van der Waals surface area contributed by atoms with Gasteiger partial charge in [0.15, 0.2) is 0 Å². The van der Waals surface area contributed by atoms with Gasteiger partial charge in [-0.2, -0.15) is 13.2 Å². The Morgan fingerprint density at radius 2 is 1.57 bits per heavy atom. The molecule has 2 atom stereocenters. The number of alkyl halides is 3. The summed E-state index contributed by atoms with van der Waals surface area (Å²) in [6.45, 7) is 6.81. The Hall–Kier alpha value is -3.97. The molecule has 44 heavy (non-hydrogen) atoms. The zero-order valence-corrected chi connectivity index (χ0v) is 24.8. The Labute approximate surface area is 251 Å². The SMILES string of the molecule is CC1CN(c2cc(F)c(-c3ccc(N4CCOCC4)c(F)c3)cc2NC(=O)c2cn(C)c(=O)cc2C(F)(F)F)CC(C)N1C. The number of nitrogens with zero attached hydrogens (tertiary/aromatic N) is 4. The van der Waals surface area contributed by atoms with Gasteiger partial charge in [0.05, 0.1) is 41.4 Å². The molecule has 0 spiro atoms. The van der Waals surface area contributed by atoms with E-state index in [0.717, 1.165) is 10.8 Å². The second-order valence-corrected chi connectivity index (χ2v) is 11.4. The molecule has 13 heteroatoms. The van der Waals surface area contributed by atoms with Gasteiger partial charge in [-0.05, 0) is 50.7 Å². The first-order valence-electron chi connectivity index (χ1n) is 14.3. The van der Waals surface area contributed by atoms with Crippen LogP contribution in [-0.2, 0) is 18.0 Å². The number of carbonyl (C=O) groups excluding carboxylic acids is 1. The van der Waals surface area contributed by atoms with Crippen molar-refractivity contribution in [2.45, 2.75) is 32.1 Å². The number of anilines is 3. The quantitative estimate of drug-likeness (QED) is 0.407. The summed E-state index contributed by atoms with van der Waals surface area (Å²) >= 11 is 0. The number of amides is 1. The highest BCUT2D eigenvalue weighted by atomic mass is 19.4. The molecule has 2 fully saturated rings. The predicted octanol–water partition coefficient (Wildman–Crippen LogP) is 4.97. The minimum Gasteiger partial charge on any atom is -0.378 e. The average molecular weight is 620 g/mol. The van der Waals surface area contributed by atoms with Crippen molar-refractivity contribution in [1.82, 2.24) is 9.47 Å². The molecule has 2 saturated heterocycles. The highest BCUT2D eigenvalue weighted by molar-refractivity contribution is 6.07. The number of likely N-dealkylation sites (N-methyl/N-ethyl adjacent to an activating group) is 1. The maximum absolute atomic E-state index is 15.8. The first kappa shape index (κ1) is 31.5. The van der Waals surface area contributed by atoms with E-state index >= 15 is 8.78 Å². The van der Waals surface area contributed by atoms with Crippen molar-refractivity contribution in [3.8, 4) is 11.1 Å². The van der Waals surface area contributed by atoms with Gasteiger partial charge >= 0.3 is 6.18 Å². The molecule has 1 aromatic heterocycles. The molecule has 2 aliphatic rings. The van der Waals surface area contributed by atoms with Crippen LogP contribution in [0.4, 0.5) is 39.0 Å². The van der Waals surface area contributed by atoms with Crippen molar-refractivity contribution in [1.29, 1.82) is 0 Å². The Kier molecular flexibility index (Phi) is 8.72. The zero-order valence-electron chi connectivity index (χ0n) is 24.8. The van der Waals surface area contributed by atoms with Gasteiger partial charge in [0.2, 0.25) is 0 Å². The fourth-order valence-electron chi connectivity index (χ4n) is 5.72. The molecule has 2 aliphatic heterocycles. The van der Waals surface area contributed by atoms with Crippen molar-refractivity contribution < 1.29 is 31.5 Å². The first-order valence-corrected chi connectivity index (χ1v) is 14.3. The third-order valence-corrected chi connectivity index (χ3v) is 8.42. The van der Waals surface area contributed by atoms with Gasteiger partial charge in [-0.15, -0.1) is 0 Å². The number of piperazine rings is 1. The van der Waals surface area contributed by atoms with Crippen LogP contribution in [0.5, 0.6) is 0 Å². The third kappa shape index (κ3) is 6.29. The van der Waals surface area contributed by atoms with E-state index < -0.39 is 40.4 Å². The minimum absolute atomic E-state index is 0.0387. The van der Waals surface area contributed by atoms with Crippen LogP contribution in [0, 0.1) is 11.6 Å². The van der Waals surface area contributed by atoms with Crippen LogP contribution in [-0.4, -0.2) is 73.9 Å². The van der Waals surface area contributed by atoms with Crippen LogP contribution in [0.3, 0.4) is 0 Å². The number of carbonyl (C=O) groups is 1. The predicted molar refractivity (Wildman–Crippen MR) is 158 cm³/mol. The molecule has 5 rings (SSSR count). The normalized spacial score (nSPS) is 19.8. The van der Waals surface area contributed by atoms with E-state index in [1.807, 2.05) is 30.7 Å². The lowest BCUT2D eigenvalue weighted by Crippen LogP contribution is -2.55. The number of benzene rings is 2. The van der Waals surface area contributed by atoms with Gasteiger partial charge in [-0.3, -0.25) is 14.5 Å². The van der Waals surface area contributed by atoms with Crippen LogP contribution < -0.4 is 20.7 Å². The highest BCUT2D eigenvalue weighted by Crippen LogP contribution is 2.38. The standard InChI is InChI=1S/C31H34F5N5O3/c1-18-15-41(16-19(2)39(18)4)28-14-24(32)21(20-5-6-27(25(33)11-20)40-7-9-44-10-8-40)12-26(28)37-30(43)22-17-38(3)29(42)13-23(22)31(34,35)36/h5-6,11-14,17-19H,7-10,15-16H2,1-4H3,(H,37,43). The monoisotopic (exact) mass is 619 g/mol. The molecular formula is C31H34F5N5O3. The second kappa shape index (κ2) is 12.2. The van der Waals surface area contributed by atoms with E-state index in [1.165, 1.54) is 25.2 Å². The first-order chi connectivity index (χ1) is 20.7. The molecule has 8 nitrogen and oxygen atoms in total. The lowest BCUT2D eigenvalue weighted by molar-refractivity contribution is -0.138. The van der Waals surface area contributed by atoms with Gasteiger partial charge in [0.25, 0.3) is 11.5 Å². The molecule has 3 aromatic rings. The van der Waals surface area contributed by atoms with Crippen LogP contribution in [0.2, 0.25) is 0 Å². The Morgan fingerprint density at radius 3 is 2.18 bits per heavy atom. The molecule has 0 radical (unpaired) electrons. The molecular weight excluding hydrogens is 585 g/mol. The average Bonchev–Trinajstić information content (AvgIpc) is 2.97. The Morgan fingerprint density at radius 1 is 0.909 bits per heavy atom. The minimum atomic E-state index is -4.97. The topological polar surface area (TPSA) is 70.0 Å².